The number of aliphatic hydroxyl groups is 1. The Morgan fingerprint density at radius 3 is 1.58 bits per heavy atom. The number of carboxylic acids is 1. The Balaban J connectivity index is 4.01. The highest BCUT2D eigenvalue weighted by Gasteiger charge is 2.28. The van der Waals surface area contributed by atoms with Crippen LogP contribution in [0.15, 0.2) is 24.3 Å². The first kappa shape index (κ1) is 46.0. The molecule has 280 valence electrons. The third-order valence-corrected chi connectivity index (χ3v) is 8.66. The molecule has 0 heterocycles. The third kappa shape index (κ3) is 31.2. The zero-order valence-corrected chi connectivity index (χ0v) is 30.7. The van der Waals surface area contributed by atoms with Gasteiger partial charge >= 0.3 is 19.8 Å². The van der Waals surface area contributed by atoms with Gasteiger partial charge in [0.25, 0.3) is 0 Å². The monoisotopic (exact) mass is 703 g/mol. The van der Waals surface area contributed by atoms with Crippen molar-refractivity contribution in [2.75, 3.05) is 19.8 Å². The smallest absolute Gasteiger partial charge is 0.472 e. The van der Waals surface area contributed by atoms with Gasteiger partial charge in [0.2, 0.25) is 5.91 Å². The lowest BCUT2D eigenvalue weighted by molar-refractivity contribution is -0.147. The van der Waals surface area contributed by atoms with Crippen molar-refractivity contribution in [3.63, 3.8) is 0 Å². The molecule has 12 heteroatoms. The van der Waals surface area contributed by atoms with Crippen LogP contribution in [-0.2, 0) is 32.7 Å². The SMILES string of the molecule is CCCCC/C=C\CCCCCCCC(=O)NC(COP(=O)(O)OCC(O)COC(=O)CCCCCCC/C=C\CCCCC)C(=O)O. The molecule has 0 aromatic rings. The Morgan fingerprint density at radius 2 is 1.08 bits per heavy atom. The molecule has 3 unspecified atom stereocenters. The summed E-state index contributed by atoms with van der Waals surface area (Å²) >= 11 is 0. The number of carboxylic acid groups (broad SMARTS) is 1. The Hall–Kier alpha value is -2.04. The number of aliphatic hydroxyl groups excluding tert-OH is 1. The molecule has 4 N–H and O–H groups in total. The van der Waals surface area contributed by atoms with Crippen molar-refractivity contribution in [1.82, 2.24) is 5.32 Å². The molecule has 0 aliphatic rings. The second kappa shape index (κ2) is 32.2. The number of carbonyl (C=O) groups excluding carboxylic acids is 2. The number of aliphatic carboxylic acids is 1. The first-order valence-corrected chi connectivity index (χ1v) is 19.9. The maximum absolute atomic E-state index is 12.2. The molecule has 11 nitrogen and oxygen atoms in total. The fourth-order valence-corrected chi connectivity index (χ4v) is 5.54. The van der Waals surface area contributed by atoms with Gasteiger partial charge in [0, 0.05) is 12.8 Å². The number of unbranched alkanes of at least 4 members (excludes halogenated alkanes) is 16. The van der Waals surface area contributed by atoms with Crippen molar-refractivity contribution < 1.29 is 47.8 Å². The summed E-state index contributed by atoms with van der Waals surface area (Å²) in [6.45, 7) is 2.49. The van der Waals surface area contributed by atoms with E-state index >= 15 is 0 Å². The number of ether oxygens (including phenoxy) is 1. The number of hydrogen-bond donors (Lipinski definition) is 4. The van der Waals surface area contributed by atoms with E-state index in [1.54, 1.807) is 0 Å². The van der Waals surface area contributed by atoms with Crippen LogP contribution >= 0.6 is 7.82 Å². The highest BCUT2D eigenvalue weighted by Crippen LogP contribution is 2.43. The van der Waals surface area contributed by atoms with Crippen molar-refractivity contribution in [1.29, 1.82) is 0 Å². The number of rotatable bonds is 34. The van der Waals surface area contributed by atoms with E-state index in [1.807, 2.05) is 0 Å². The minimum Gasteiger partial charge on any atom is -0.480 e. The molecule has 0 aliphatic heterocycles. The normalized spacial score (nSPS) is 14.2. The number of hydrogen-bond acceptors (Lipinski definition) is 8. The lowest BCUT2D eigenvalue weighted by Crippen LogP contribution is -2.43. The van der Waals surface area contributed by atoms with Crippen molar-refractivity contribution in [2.45, 2.75) is 167 Å². The largest absolute Gasteiger partial charge is 0.480 e. The van der Waals surface area contributed by atoms with E-state index in [1.165, 1.54) is 38.5 Å². The molecule has 0 saturated heterocycles. The summed E-state index contributed by atoms with van der Waals surface area (Å²) in [5, 5.41) is 21.7. The Labute approximate surface area is 289 Å². The predicted octanol–water partition coefficient (Wildman–Crippen LogP) is 8.33. The molecule has 3 atom stereocenters. The number of allylic oxidation sites excluding steroid dienone is 4. The van der Waals surface area contributed by atoms with Gasteiger partial charge in [-0.2, -0.15) is 0 Å². The van der Waals surface area contributed by atoms with Crippen LogP contribution in [0, 0.1) is 0 Å². The number of esters is 1. The van der Waals surface area contributed by atoms with Gasteiger partial charge in [0.15, 0.2) is 6.04 Å². The van der Waals surface area contributed by atoms with Crippen LogP contribution in [0.4, 0.5) is 0 Å². The van der Waals surface area contributed by atoms with Crippen LogP contribution < -0.4 is 5.32 Å². The molecule has 0 spiro atoms. The quantitative estimate of drug-likeness (QED) is 0.0221. The topological polar surface area (TPSA) is 169 Å². The fourth-order valence-electron chi connectivity index (χ4n) is 4.77. The van der Waals surface area contributed by atoms with Gasteiger partial charge in [-0.05, 0) is 64.2 Å². The van der Waals surface area contributed by atoms with Crippen molar-refractivity contribution in [2.24, 2.45) is 0 Å². The molecule has 0 aromatic heterocycles. The zero-order chi connectivity index (χ0) is 35.7. The summed E-state index contributed by atoms with van der Waals surface area (Å²) < 4.78 is 26.6. The number of amides is 1. The fraction of sp³-hybridized carbons (Fsp3) is 0.806. The average Bonchev–Trinajstić information content (AvgIpc) is 3.05. The Kier molecular flexibility index (Phi) is 30.8. The van der Waals surface area contributed by atoms with E-state index in [-0.39, 0.29) is 12.8 Å². The zero-order valence-electron chi connectivity index (χ0n) is 29.8. The van der Waals surface area contributed by atoms with E-state index in [9.17, 15) is 34.1 Å². The van der Waals surface area contributed by atoms with Gasteiger partial charge in [-0.15, -0.1) is 0 Å². The molecule has 0 saturated carbocycles. The van der Waals surface area contributed by atoms with E-state index < -0.39 is 57.6 Å². The van der Waals surface area contributed by atoms with Crippen LogP contribution in [0.25, 0.3) is 0 Å². The highest BCUT2D eigenvalue weighted by molar-refractivity contribution is 7.47. The lowest BCUT2D eigenvalue weighted by Gasteiger charge is -2.18. The summed E-state index contributed by atoms with van der Waals surface area (Å²) in [6, 6.07) is -1.55. The number of carbonyl (C=O) groups is 3. The van der Waals surface area contributed by atoms with Gasteiger partial charge < -0.3 is 25.2 Å². The van der Waals surface area contributed by atoms with E-state index in [0.717, 1.165) is 77.0 Å². The second-order valence-corrected chi connectivity index (χ2v) is 13.9. The molecule has 48 heavy (non-hydrogen) atoms. The molecule has 0 radical (unpaired) electrons. The maximum Gasteiger partial charge on any atom is 0.472 e. The summed E-state index contributed by atoms with van der Waals surface area (Å²) in [5.41, 5.74) is 0. The highest BCUT2D eigenvalue weighted by atomic mass is 31.2. The van der Waals surface area contributed by atoms with Gasteiger partial charge in [-0.1, -0.05) is 102 Å². The van der Waals surface area contributed by atoms with Crippen LogP contribution in [0.3, 0.4) is 0 Å². The van der Waals surface area contributed by atoms with Crippen LogP contribution in [0.1, 0.15) is 155 Å². The maximum atomic E-state index is 12.2. The molecule has 0 aromatic carbocycles. The molecule has 0 bridgehead atoms. The molecule has 1 amide bonds. The molecular weight excluding hydrogens is 637 g/mol. The Morgan fingerprint density at radius 1 is 0.646 bits per heavy atom. The van der Waals surface area contributed by atoms with Crippen molar-refractivity contribution in [3.8, 4) is 0 Å². The predicted molar refractivity (Wildman–Crippen MR) is 189 cm³/mol. The minimum absolute atomic E-state index is 0.135. The van der Waals surface area contributed by atoms with Crippen molar-refractivity contribution in [3.05, 3.63) is 24.3 Å². The van der Waals surface area contributed by atoms with Crippen LogP contribution in [0.5, 0.6) is 0 Å². The average molecular weight is 704 g/mol. The second-order valence-electron chi connectivity index (χ2n) is 12.4. The standard InChI is InChI=1S/C36H66NO10P/c1-3-5-7-9-11-13-15-17-19-21-23-25-27-34(39)37-33(36(41)42)31-47-48(43,44)46-30-32(38)29-45-35(40)28-26-24-22-20-18-16-14-12-10-8-6-4-2/h11-14,32-33,38H,3-10,15-31H2,1-2H3,(H,37,39)(H,41,42)(H,43,44)/b13-11-,14-12-. The summed E-state index contributed by atoms with van der Waals surface area (Å²) in [5.74, 6) is -2.40. The molecule has 0 rings (SSSR count). The number of phosphoric ester groups is 1. The lowest BCUT2D eigenvalue weighted by atomic mass is 10.1. The first-order chi connectivity index (χ1) is 23.1. The minimum atomic E-state index is -4.75. The van der Waals surface area contributed by atoms with Crippen molar-refractivity contribution >= 4 is 25.7 Å². The first-order valence-electron chi connectivity index (χ1n) is 18.4. The van der Waals surface area contributed by atoms with Crippen LogP contribution in [0.2, 0.25) is 0 Å². The molecular formula is C36H66NO10P. The van der Waals surface area contributed by atoms with Gasteiger partial charge in [0.05, 0.1) is 13.2 Å². The summed E-state index contributed by atoms with van der Waals surface area (Å²) in [6.07, 6.45) is 29.3. The number of phosphoric acid groups is 1. The third-order valence-electron chi connectivity index (χ3n) is 7.71. The van der Waals surface area contributed by atoms with Gasteiger partial charge in [0.1, 0.15) is 12.7 Å². The van der Waals surface area contributed by atoms with Gasteiger partial charge in [-0.3, -0.25) is 18.6 Å². The number of nitrogens with one attached hydrogen (secondary N) is 1. The molecule has 0 aliphatic carbocycles. The molecule has 0 fully saturated rings. The van der Waals surface area contributed by atoms with Crippen LogP contribution in [-0.4, -0.2) is 64.9 Å². The van der Waals surface area contributed by atoms with E-state index in [4.69, 9.17) is 13.8 Å². The van der Waals surface area contributed by atoms with Gasteiger partial charge in [-0.25, -0.2) is 9.36 Å². The summed E-state index contributed by atoms with van der Waals surface area (Å²) in [7, 11) is -4.75. The van der Waals surface area contributed by atoms with E-state index in [2.05, 4.69) is 43.5 Å². The Bertz CT molecular complexity index is 926. The summed E-state index contributed by atoms with van der Waals surface area (Å²) in [4.78, 5) is 45.6. The van der Waals surface area contributed by atoms with E-state index in [0.29, 0.717) is 12.8 Å².